The van der Waals surface area contributed by atoms with Gasteiger partial charge in [-0.15, -0.1) is 0 Å². The smallest absolute Gasteiger partial charge is 0.0509 e. The summed E-state index contributed by atoms with van der Waals surface area (Å²) in [6.07, 6.45) is 0. The summed E-state index contributed by atoms with van der Waals surface area (Å²) < 4.78 is 0. The van der Waals surface area contributed by atoms with Gasteiger partial charge in [-0.1, -0.05) is 30.3 Å². The van der Waals surface area contributed by atoms with Crippen LogP contribution in [0.15, 0.2) is 30.3 Å². The van der Waals surface area contributed by atoms with Crippen molar-refractivity contribution >= 4 is 0 Å². The number of benzene rings is 1. The molecule has 0 fully saturated rings. The zero-order chi connectivity index (χ0) is 9.90. The van der Waals surface area contributed by atoms with Gasteiger partial charge in [0.1, 0.15) is 0 Å². The molecule has 0 radical (unpaired) electrons. The van der Waals surface area contributed by atoms with E-state index in [1.165, 1.54) is 5.56 Å². The highest BCUT2D eigenvalue weighted by Crippen LogP contribution is 2.17. The lowest BCUT2D eigenvalue weighted by Gasteiger charge is -2.28. The van der Waals surface area contributed by atoms with Gasteiger partial charge in [0.25, 0.3) is 0 Å². The fourth-order valence-electron chi connectivity index (χ4n) is 1.57. The number of nitrogens with zero attached hydrogens (tertiary/aromatic N) is 1. The first-order chi connectivity index (χ1) is 6.02. The van der Waals surface area contributed by atoms with E-state index in [1.807, 2.05) is 32.3 Å². The largest absolute Gasteiger partial charge is 0.321 e. The van der Waals surface area contributed by atoms with Crippen LogP contribution >= 0.6 is 0 Å². The summed E-state index contributed by atoms with van der Waals surface area (Å²) in [4.78, 5) is 2.10. The number of hydrogen-bond acceptors (Lipinski definition) is 2. The van der Waals surface area contributed by atoms with E-state index >= 15 is 0 Å². The molecule has 0 aliphatic rings. The van der Waals surface area contributed by atoms with Gasteiger partial charge in [0.15, 0.2) is 0 Å². The van der Waals surface area contributed by atoms with Gasteiger partial charge in [-0.3, -0.25) is 0 Å². The fraction of sp³-hybridized carbons (Fsp3) is 0.455. The van der Waals surface area contributed by atoms with Crippen molar-refractivity contribution < 1.29 is 0 Å². The first kappa shape index (κ1) is 10.2. The van der Waals surface area contributed by atoms with E-state index in [2.05, 4.69) is 24.0 Å². The molecule has 0 aliphatic carbocycles. The molecule has 1 unspecified atom stereocenters. The van der Waals surface area contributed by atoms with Crippen LogP contribution in [-0.2, 0) is 5.54 Å². The van der Waals surface area contributed by atoms with Crippen LogP contribution in [0.4, 0.5) is 0 Å². The number of hydrogen-bond donors (Lipinski definition) is 1. The molecule has 72 valence electrons. The zero-order valence-electron chi connectivity index (χ0n) is 8.62. The van der Waals surface area contributed by atoms with E-state index in [0.717, 1.165) is 6.54 Å². The van der Waals surface area contributed by atoms with Gasteiger partial charge in [0.05, 0.1) is 5.54 Å². The molecule has 1 aromatic carbocycles. The molecule has 0 heterocycles. The molecule has 2 N–H and O–H groups in total. The molecular weight excluding hydrogens is 160 g/mol. The van der Waals surface area contributed by atoms with Crippen molar-refractivity contribution in [3.8, 4) is 0 Å². The zero-order valence-corrected chi connectivity index (χ0v) is 8.62. The van der Waals surface area contributed by atoms with Gasteiger partial charge >= 0.3 is 0 Å². The SMILES string of the molecule is CN(C)CC(C)(N)c1ccccc1. The second kappa shape index (κ2) is 3.90. The molecule has 1 rings (SSSR count). The van der Waals surface area contributed by atoms with Crippen LogP contribution in [0.1, 0.15) is 12.5 Å². The van der Waals surface area contributed by atoms with E-state index in [0.29, 0.717) is 0 Å². The third kappa shape index (κ3) is 2.83. The summed E-state index contributed by atoms with van der Waals surface area (Å²) in [5, 5.41) is 0. The van der Waals surface area contributed by atoms with E-state index < -0.39 is 0 Å². The van der Waals surface area contributed by atoms with Crippen molar-refractivity contribution in [1.29, 1.82) is 0 Å². The Hall–Kier alpha value is -0.860. The van der Waals surface area contributed by atoms with Crippen molar-refractivity contribution in [2.24, 2.45) is 5.73 Å². The third-order valence-corrected chi connectivity index (χ3v) is 2.08. The van der Waals surface area contributed by atoms with Gasteiger partial charge in [-0.25, -0.2) is 0 Å². The minimum Gasteiger partial charge on any atom is -0.321 e. The van der Waals surface area contributed by atoms with Crippen molar-refractivity contribution in [3.05, 3.63) is 35.9 Å². The highest BCUT2D eigenvalue weighted by Gasteiger charge is 2.21. The molecular formula is C11H18N2. The Balaban J connectivity index is 2.81. The lowest BCUT2D eigenvalue weighted by molar-refractivity contribution is 0.304. The van der Waals surface area contributed by atoms with Crippen molar-refractivity contribution in [1.82, 2.24) is 4.90 Å². The Labute approximate surface area is 80.4 Å². The second-order valence-electron chi connectivity index (χ2n) is 4.02. The maximum absolute atomic E-state index is 6.20. The molecule has 0 bridgehead atoms. The first-order valence-corrected chi connectivity index (χ1v) is 4.51. The van der Waals surface area contributed by atoms with E-state index in [1.54, 1.807) is 0 Å². The Morgan fingerprint density at radius 1 is 1.23 bits per heavy atom. The van der Waals surface area contributed by atoms with E-state index in [9.17, 15) is 0 Å². The lowest BCUT2D eigenvalue weighted by atomic mass is 9.93. The molecule has 1 aromatic rings. The second-order valence-corrected chi connectivity index (χ2v) is 4.02. The summed E-state index contributed by atoms with van der Waals surface area (Å²) in [5.41, 5.74) is 7.12. The fourth-order valence-corrected chi connectivity index (χ4v) is 1.57. The first-order valence-electron chi connectivity index (χ1n) is 4.51. The van der Waals surface area contributed by atoms with Gasteiger partial charge < -0.3 is 10.6 Å². The third-order valence-electron chi connectivity index (χ3n) is 2.08. The molecule has 2 nitrogen and oxygen atoms in total. The molecule has 0 amide bonds. The average molecular weight is 178 g/mol. The van der Waals surface area contributed by atoms with E-state index in [4.69, 9.17) is 5.73 Å². The Morgan fingerprint density at radius 3 is 2.23 bits per heavy atom. The molecule has 0 aliphatic heterocycles. The molecule has 0 saturated carbocycles. The minimum atomic E-state index is -0.259. The summed E-state index contributed by atoms with van der Waals surface area (Å²) in [7, 11) is 4.07. The average Bonchev–Trinajstić information content (AvgIpc) is 2.04. The van der Waals surface area contributed by atoms with Crippen molar-refractivity contribution in [3.63, 3.8) is 0 Å². The number of nitrogens with two attached hydrogens (primary N) is 1. The van der Waals surface area contributed by atoms with Crippen molar-refractivity contribution in [2.45, 2.75) is 12.5 Å². The maximum atomic E-state index is 6.20. The van der Waals surface area contributed by atoms with Crippen LogP contribution in [0.25, 0.3) is 0 Å². The molecule has 0 aromatic heterocycles. The normalized spacial score (nSPS) is 15.8. The molecule has 2 heteroatoms. The molecule has 13 heavy (non-hydrogen) atoms. The maximum Gasteiger partial charge on any atom is 0.0509 e. The topological polar surface area (TPSA) is 29.3 Å². The molecule has 0 spiro atoms. The number of rotatable bonds is 3. The monoisotopic (exact) mass is 178 g/mol. The predicted octanol–water partition coefficient (Wildman–Crippen LogP) is 1.42. The Morgan fingerprint density at radius 2 is 1.77 bits per heavy atom. The van der Waals surface area contributed by atoms with Gasteiger partial charge in [0, 0.05) is 6.54 Å². The number of likely N-dealkylation sites (N-methyl/N-ethyl adjacent to an activating group) is 1. The Bertz CT molecular complexity index is 252. The highest BCUT2D eigenvalue weighted by atomic mass is 15.1. The van der Waals surface area contributed by atoms with Gasteiger partial charge in [-0.05, 0) is 26.6 Å². The lowest BCUT2D eigenvalue weighted by Crippen LogP contribution is -2.42. The van der Waals surface area contributed by atoms with Crippen LogP contribution < -0.4 is 5.73 Å². The highest BCUT2D eigenvalue weighted by molar-refractivity contribution is 5.23. The Kier molecular flexibility index (Phi) is 3.07. The van der Waals surface area contributed by atoms with Gasteiger partial charge in [-0.2, -0.15) is 0 Å². The standard InChI is InChI=1S/C11H18N2/c1-11(12,9-13(2)3)10-7-5-4-6-8-10/h4-8H,9,12H2,1-3H3. The van der Waals surface area contributed by atoms with Crippen LogP contribution in [0.3, 0.4) is 0 Å². The molecule has 0 saturated heterocycles. The summed E-state index contributed by atoms with van der Waals surface area (Å²) >= 11 is 0. The van der Waals surface area contributed by atoms with Crippen LogP contribution in [0.5, 0.6) is 0 Å². The predicted molar refractivity (Wildman–Crippen MR) is 56.5 cm³/mol. The van der Waals surface area contributed by atoms with Crippen molar-refractivity contribution in [2.75, 3.05) is 20.6 Å². The van der Waals surface area contributed by atoms with Crippen LogP contribution in [0.2, 0.25) is 0 Å². The van der Waals surface area contributed by atoms with E-state index in [-0.39, 0.29) is 5.54 Å². The summed E-state index contributed by atoms with van der Waals surface area (Å²) in [6, 6.07) is 10.2. The minimum absolute atomic E-state index is 0.259. The molecule has 1 atom stereocenters. The summed E-state index contributed by atoms with van der Waals surface area (Å²) in [6.45, 7) is 2.92. The van der Waals surface area contributed by atoms with Crippen LogP contribution in [0, 0.1) is 0 Å². The van der Waals surface area contributed by atoms with Crippen LogP contribution in [-0.4, -0.2) is 25.5 Å². The van der Waals surface area contributed by atoms with Gasteiger partial charge in [0.2, 0.25) is 0 Å². The quantitative estimate of drug-likeness (QED) is 0.758. The summed E-state index contributed by atoms with van der Waals surface area (Å²) in [5.74, 6) is 0.